The molecule has 2 aromatic rings. The molecule has 1 heterocycles. The van der Waals surface area contributed by atoms with Gasteiger partial charge in [-0.3, -0.25) is 0 Å². The van der Waals surface area contributed by atoms with Gasteiger partial charge in [-0.25, -0.2) is 0 Å². The van der Waals surface area contributed by atoms with Crippen molar-refractivity contribution in [1.82, 2.24) is 0 Å². The summed E-state index contributed by atoms with van der Waals surface area (Å²) in [6.45, 7) is 5.58. The van der Waals surface area contributed by atoms with E-state index < -0.39 is 6.29 Å². The molecule has 0 radical (unpaired) electrons. The summed E-state index contributed by atoms with van der Waals surface area (Å²) in [5.74, 6) is 0. The van der Waals surface area contributed by atoms with Crippen LogP contribution in [0, 0.1) is 0 Å². The Bertz CT molecular complexity index is 699. The molecule has 3 atom stereocenters. The minimum absolute atomic E-state index is 0.190. The fraction of sp³-hybridized carbons (Fsp3) is 0.304. The fourth-order valence-electron chi connectivity index (χ4n) is 2.81. The molecule has 1 unspecified atom stereocenters. The first kappa shape index (κ1) is 19.5. The van der Waals surface area contributed by atoms with Gasteiger partial charge in [0.1, 0.15) is 12.2 Å². The highest BCUT2D eigenvalue weighted by Gasteiger charge is 2.28. The van der Waals surface area contributed by atoms with Crippen LogP contribution in [-0.4, -0.2) is 31.7 Å². The Kier molecular flexibility index (Phi) is 7.81. The van der Waals surface area contributed by atoms with Crippen molar-refractivity contribution in [3.63, 3.8) is 0 Å². The Balaban J connectivity index is 1.56. The van der Waals surface area contributed by atoms with Gasteiger partial charge in [-0.2, -0.15) is 0 Å². The highest BCUT2D eigenvalue weighted by atomic mass is 16.7. The van der Waals surface area contributed by atoms with E-state index in [9.17, 15) is 0 Å². The lowest BCUT2D eigenvalue weighted by molar-refractivity contribution is -0.191. The van der Waals surface area contributed by atoms with Crippen LogP contribution in [0.2, 0.25) is 0 Å². The van der Waals surface area contributed by atoms with Gasteiger partial charge in [-0.05, 0) is 17.2 Å². The quantitative estimate of drug-likeness (QED) is 0.589. The third-order valence-corrected chi connectivity index (χ3v) is 4.19. The number of hydrogen-bond acceptors (Lipinski definition) is 4. The second-order valence-electron chi connectivity index (χ2n) is 6.31. The SMILES string of the molecule is C=CCOC1C=C[C@H](OCc2ccccc2)[C@@H](COCc2ccccc2)O1. The van der Waals surface area contributed by atoms with Gasteiger partial charge in [0.15, 0.2) is 6.29 Å². The molecule has 0 fully saturated rings. The first-order chi connectivity index (χ1) is 13.3. The molecule has 1 aliphatic rings. The maximum atomic E-state index is 6.07. The highest BCUT2D eigenvalue weighted by Crippen LogP contribution is 2.19. The molecular formula is C23H26O4. The van der Waals surface area contributed by atoms with Crippen LogP contribution in [0.5, 0.6) is 0 Å². The van der Waals surface area contributed by atoms with E-state index in [-0.39, 0.29) is 12.2 Å². The highest BCUT2D eigenvalue weighted by molar-refractivity contribution is 5.14. The minimum atomic E-state index is -0.412. The zero-order chi connectivity index (χ0) is 18.7. The van der Waals surface area contributed by atoms with Crippen molar-refractivity contribution in [3.05, 3.63) is 96.6 Å². The topological polar surface area (TPSA) is 36.9 Å². The zero-order valence-electron chi connectivity index (χ0n) is 15.4. The van der Waals surface area contributed by atoms with Crippen LogP contribution in [0.3, 0.4) is 0 Å². The molecule has 0 saturated heterocycles. The Morgan fingerprint density at radius 3 is 2.19 bits per heavy atom. The lowest BCUT2D eigenvalue weighted by Crippen LogP contribution is -2.41. The van der Waals surface area contributed by atoms with Crippen LogP contribution in [0.25, 0.3) is 0 Å². The van der Waals surface area contributed by atoms with Crippen LogP contribution in [0.4, 0.5) is 0 Å². The first-order valence-corrected chi connectivity index (χ1v) is 9.18. The minimum Gasteiger partial charge on any atom is -0.374 e. The smallest absolute Gasteiger partial charge is 0.177 e. The Morgan fingerprint density at radius 2 is 1.52 bits per heavy atom. The van der Waals surface area contributed by atoms with E-state index in [4.69, 9.17) is 18.9 Å². The van der Waals surface area contributed by atoms with E-state index in [2.05, 4.69) is 6.58 Å². The van der Waals surface area contributed by atoms with Crippen LogP contribution >= 0.6 is 0 Å². The summed E-state index contributed by atoms with van der Waals surface area (Å²) in [5, 5.41) is 0. The molecule has 0 aromatic heterocycles. The molecule has 0 N–H and O–H groups in total. The van der Waals surface area contributed by atoms with Gasteiger partial charge in [-0.15, -0.1) is 6.58 Å². The van der Waals surface area contributed by atoms with E-state index in [1.54, 1.807) is 6.08 Å². The molecule has 4 nitrogen and oxygen atoms in total. The molecule has 3 rings (SSSR count). The number of benzene rings is 2. The van der Waals surface area contributed by atoms with Gasteiger partial charge in [0.25, 0.3) is 0 Å². The van der Waals surface area contributed by atoms with Crippen LogP contribution < -0.4 is 0 Å². The van der Waals surface area contributed by atoms with Crippen LogP contribution in [0.15, 0.2) is 85.5 Å². The van der Waals surface area contributed by atoms with E-state index in [0.717, 1.165) is 11.1 Å². The van der Waals surface area contributed by atoms with Crippen molar-refractivity contribution in [1.29, 1.82) is 0 Å². The third kappa shape index (κ3) is 6.45. The summed E-state index contributed by atoms with van der Waals surface area (Å²) < 4.78 is 23.6. The molecule has 2 aromatic carbocycles. The summed E-state index contributed by atoms with van der Waals surface area (Å²) >= 11 is 0. The third-order valence-electron chi connectivity index (χ3n) is 4.19. The number of ether oxygens (including phenoxy) is 4. The van der Waals surface area contributed by atoms with E-state index in [1.807, 2.05) is 72.8 Å². The predicted molar refractivity (Wildman–Crippen MR) is 105 cm³/mol. The van der Waals surface area contributed by atoms with Crippen molar-refractivity contribution >= 4 is 0 Å². The number of rotatable bonds is 10. The molecule has 0 aliphatic carbocycles. The molecule has 0 bridgehead atoms. The second-order valence-corrected chi connectivity index (χ2v) is 6.31. The Morgan fingerprint density at radius 1 is 0.852 bits per heavy atom. The van der Waals surface area contributed by atoms with Crippen LogP contribution in [0.1, 0.15) is 11.1 Å². The average Bonchev–Trinajstić information content (AvgIpc) is 2.73. The largest absolute Gasteiger partial charge is 0.374 e. The fourth-order valence-corrected chi connectivity index (χ4v) is 2.81. The normalized spacial score (nSPS) is 21.9. The summed E-state index contributed by atoms with van der Waals surface area (Å²) in [5.41, 5.74) is 2.25. The van der Waals surface area contributed by atoms with Gasteiger partial charge in [0.2, 0.25) is 0 Å². The van der Waals surface area contributed by atoms with Crippen LogP contribution in [-0.2, 0) is 32.2 Å². The summed E-state index contributed by atoms with van der Waals surface area (Å²) in [4.78, 5) is 0. The molecule has 0 amide bonds. The summed E-state index contributed by atoms with van der Waals surface area (Å²) in [6, 6.07) is 20.2. The molecular weight excluding hydrogens is 340 g/mol. The van der Waals surface area contributed by atoms with Gasteiger partial charge < -0.3 is 18.9 Å². The molecule has 0 spiro atoms. The van der Waals surface area contributed by atoms with Crippen molar-refractivity contribution in [2.24, 2.45) is 0 Å². The van der Waals surface area contributed by atoms with E-state index in [0.29, 0.717) is 26.4 Å². The van der Waals surface area contributed by atoms with Crippen molar-refractivity contribution in [2.45, 2.75) is 31.7 Å². The molecule has 142 valence electrons. The second kappa shape index (κ2) is 10.8. The molecule has 4 heteroatoms. The zero-order valence-corrected chi connectivity index (χ0v) is 15.4. The van der Waals surface area contributed by atoms with E-state index in [1.165, 1.54) is 0 Å². The lowest BCUT2D eigenvalue weighted by atomic mass is 10.1. The lowest BCUT2D eigenvalue weighted by Gasteiger charge is -2.32. The maximum Gasteiger partial charge on any atom is 0.177 e. The maximum absolute atomic E-state index is 6.07. The summed E-state index contributed by atoms with van der Waals surface area (Å²) in [7, 11) is 0. The number of hydrogen-bond donors (Lipinski definition) is 0. The Hall–Kier alpha value is -2.24. The molecule has 0 saturated carbocycles. The van der Waals surface area contributed by atoms with Gasteiger partial charge in [-0.1, -0.05) is 72.8 Å². The monoisotopic (exact) mass is 366 g/mol. The van der Waals surface area contributed by atoms with Gasteiger partial charge in [0.05, 0.1) is 26.4 Å². The first-order valence-electron chi connectivity index (χ1n) is 9.18. The standard InChI is InChI=1S/C23H26O4/c1-2-15-25-23-14-13-21(26-17-20-11-7-4-8-12-20)22(27-23)18-24-16-19-9-5-3-6-10-19/h2-14,21-23H,1,15-18H2/t21-,22+,23?/m0/s1. The van der Waals surface area contributed by atoms with Crippen molar-refractivity contribution < 1.29 is 18.9 Å². The molecule has 27 heavy (non-hydrogen) atoms. The summed E-state index contributed by atoms with van der Waals surface area (Å²) in [6.07, 6.45) is 4.74. The Labute approximate surface area is 161 Å². The molecule has 1 aliphatic heterocycles. The van der Waals surface area contributed by atoms with Crippen molar-refractivity contribution in [2.75, 3.05) is 13.2 Å². The van der Waals surface area contributed by atoms with E-state index >= 15 is 0 Å². The van der Waals surface area contributed by atoms with Crippen molar-refractivity contribution in [3.8, 4) is 0 Å². The average molecular weight is 366 g/mol. The van der Waals surface area contributed by atoms with Gasteiger partial charge in [0, 0.05) is 0 Å². The van der Waals surface area contributed by atoms with Gasteiger partial charge >= 0.3 is 0 Å². The predicted octanol–water partition coefficient (Wildman–Crippen LogP) is 4.27.